The van der Waals surface area contributed by atoms with Gasteiger partial charge in [-0.1, -0.05) is 55.8 Å². The Bertz CT molecular complexity index is 1140. The molecular weight excluding hydrogens is 424 g/mol. The molecule has 0 N–H and O–H groups in total. The van der Waals surface area contributed by atoms with E-state index in [0.29, 0.717) is 26.1 Å². The van der Waals surface area contributed by atoms with Crippen molar-refractivity contribution in [1.82, 2.24) is 0 Å². The molecule has 34 heavy (non-hydrogen) atoms. The molecule has 0 unspecified atom stereocenters. The molecule has 0 saturated heterocycles. The maximum absolute atomic E-state index is 11.5. The molecule has 176 valence electrons. The molecule has 4 nitrogen and oxygen atoms in total. The van der Waals surface area contributed by atoms with E-state index in [1.165, 1.54) is 27.8 Å². The van der Waals surface area contributed by atoms with Crippen molar-refractivity contribution in [2.24, 2.45) is 0 Å². The molecule has 1 aliphatic rings. The van der Waals surface area contributed by atoms with Crippen molar-refractivity contribution in [2.75, 3.05) is 19.8 Å². The molecule has 0 heterocycles. The summed E-state index contributed by atoms with van der Waals surface area (Å²) >= 11 is 0. The number of carbonyl (C=O) groups excluding carboxylic acids is 1. The molecule has 0 saturated carbocycles. The maximum Gasteiger partial charge on any atom is 0.306 e. The predicted octanol–water partition coefficient (Wildman–Crippen LogP) is 6.85. The minimum Gasteiger partial charge on any atom is -0.494 e. The van der Waals surface area contributed by atoms with Crippen LogP contribution in [0, 0.1) is 0 Å². The summed E-state index contributed by atoms with van der Waals surface area (Å²) < 4.78 is 16.9. The lowest BCUT2D eigenvalue weighted by atomic mass is 10.0. The van der Waals surface area contributed by atoms with Crippen LogP contribution in [0.2, 0.25) is 0 Å². The van der Waals surface area contributed by atoms with Gasteiger partial charge in [0.2, 0.25) is 0 Å². The number of benzene rings is 3. The van der Waals surface area contributed by atoms with E-state index in [1.807, 2.05) is 31.2 Å². The Labute approximate surface area is 202 Å². The van der Waals surface area contributed by atoms with Crippen LogP contribution in [0.5, 0.6) is 11.5 Å². The first kappa shape index (κ1) is 23.6. The van der Waals surface area contributed by atoms with Gasteiger partial charge in [-0.2, -0.15) is 0 Å². The molecule has 0 fully saturated rings. The molecule has 3 aromatic rings. The van der Waals surface area contributed by atoms with Crippen molar-refractivity contribution >= 4 is 11.5 Å². The molecule has 0 spiro atoms. The normalized spacial score (nSPS) is 12.8. The van der Waals surface area contributed by atoms with E-state index in [9.17, 15) is 4.79 Å². The van der Waals surface area contributed by atoms with Gasteiger partial charge >= 0.3 is 5.97 Å². The van der Waals surface area contributed by atoms with Gasteiger partial charge in [0.25, 0.3) is 0 Å². The highest BCUT2D eigenvalue weighted by atomic mass is 16.5. The van der Waals surface area contributed by atoms with Gasteiger partial charge in [-0.15, -0.1) is 0 Å². The van der Waals surface area contributed by atoms with Crippen LogP contribution in [0.4, 0.5) is 0 Å². The van der Waals surface area contributed by atoms with Gasteiger partial charge < -0.3 is 14.2 Å². The first-order valence-corrected chi connectivity index (χ1v) is 12.1. The SMILES string of the molecule is CCCCOc1ccc2c(c1)-c1ccccc1/C2=C/COc1ccc(CCC(=O)OCC)cc1. The molecule has 0 atom stereocenters. The van der Waals surface area contributed by atoms with E-state index in [-0.39, 0.29) is 5.97 Å². The largest absolute Gasteiger partial charge is 0.494 e. The zero-order chi connectivity index (χ0) is 23.8. The van der Waals surface area contributed by atoms with E-state index in [2.05, 4.69) is 55.5 Å². The van der Waals surface area contributed by atoms with E-state index in [1.54, 1.807) is 0 Å². The number of esters is 1. The molecule has 3 aromatic carbocycles. The number of aryl methyl sites for hydroxylation is 1. The van der Waals surface area contributed by atoms with Crippen molar-refractivity contribution in [3.8, 4) is 22.6 Å². The quantitative estimate of drug-likeness (QED) is 0.183. The summed E-state index contributed by atoms with van der Waals surface area (Å²) in [5.74, 6) is 1.57. The van der Waals surface area contributed by atoms with Gasteiger partial charge in [0.05, 0.1) is 13.2 Å². The average Bonchev–Trinajstić information content (AvgIpc) is 3.17. The predicted molar refractivity (Wildman–Crippen MR) is 136 cm³/mol. The Balaban J connectivity index is 1.43. The molecule has 0 radical (unpaired) electrons. The van der Waals surface area contributed by atoms with Gasteiger partial charge in [0, 0.05) is 6.42 Å². The van der Waals surface area contributed by atoms with Gasteiger partial charge in [-0.25, -0.2) is 0 Å². The molecule has 1 aliphatic carbocycles. The van der Waals surface area contributed by atoms with Crippen LogP contribution < -0.4 is 9.47 Å². The fourth-order valence-corrected chi connectivity index (χ4v) is 4.18. The lowest BCUT2D eigenvalue weighted by Gasteiger charge is -2.09. The lowest BCUT2D eigenvalue weighted by Crippen LogP contribution is -2.05. The highest BCUT2D eigenvalue weighted by Crippen LogP contribution is 2.45. The molecule has 4 heteroatoms. The fraction of sp³-hybridized carbons (Fsp3) is 0.300. The number of ether oxygens (including phenoxy) is 3. The number of hydrogen-bond donors (Lipinski definition) is 0. The van der Waals surface area contributed by atoms with Crippen molar-refractivity contribution in [3.05, 3.63) is 89.5 Å². The van der Waals surface area contributed by atoms with Crippen LogP contribution in [-0.2, 0) is 16.0 Å². The van der Waals surface area contributed by atoms with Gasteiger partial charge in [0.1, 0.15) is 18.1 Å². The number of fused-ring (bicyclic) bond motifs is 3. The van der Waals surface area contributed by atoms with Gasteiger partial charge in [-0.3, -0.25) is 4.79 Å². The summed E-state index contributed by atoms with van der Waals surface area (Å²) in [5.41, 5.74) is 7.16. The van der Waals surface area contributed by atoms with Crippen LogP contribution in [0.1, 0.15) is 49.8 Å². The average molecular weight is 457 g/mol. The second kappa shape index (κ2) is 11.6. The second-order valence-electron chi connectivity index (χ2n) is 8.33. The highest BCUT2D eigenvalue weighted by Gasteiger charge is 2.23. The smallest absolute Gasteiger partial charge is 0.306 e. The zero-order valence-electron chi connectivity index (χ0n) is 20.0. The summed E-state index contributed by atoms with van der Waals surface area (Å²) in [5, 5.41) is 0. The van der Waals surface area contributed by atoms with Crippen molar-refractivity contribution in [3.63, 3.8) is 0 Å². The van der Waals surface area contributed by atoms with E-state index < -0.39 is 0 Å². The minimum absolute atomic E-state index is 0.161. The maximum atomic E-state index is 11.5. The molecule has 0 aliphatic heterocycles. The first-order chi connectivity index (χ1) is 16.7. The van der Waals surface area contributed by atoms with Crippen molar-refractivity contribution < 1.29 is 19.0 Å². The second-order valence-corrected chi connectivity index (χ2v) is 8.33. The highest BCUT2D eigenvalue weighted by molar-refractivity contribution is 6.01. The standard InChI is InChI=1S/C30H32O4/c1-3-5-19-33-24-15-16-27-28(25-8-6-7-9-26(25)29(27)21-24)18-20-34-23-13-10-22(11-14-23)12-17-30(31)32-4-2/h6-11,13-16,18,21H,3-5,12,17,19-20H2,1-2H3/b28-18-. The monoisotopic (exact) mass is 456 g/mol. The third-order valence-corrected chi connectivity index (χ3v) is 5.94. The molecule has 0 bridgehead atoms. The summed E-state index contributed by atoms with van der Waals surface area (Å²) in [7, 11) is 0. The fourth-order valence-electron chi connectivity index (χ4n) is 4.18. The van der Waals surface area contributed by atoms with E-state index in [0.717, 1.165) is 36.5 Å². The molecular formula is C30H32O4. The van der Waals surface area contributed by atoms with Crippen LogP contribution in [0.3, 0.4) is 0 Å². The summed E-state index contributed by atoms with van der Waals surface area (Å²) in [6.07, 6.45) is 5.39. The van der Waals surface area contributed by atoms with Crippen LogP contribution >= 0.6 is 0 Å². The minimum atomic E-state index is -0.161. The Morgan fingerprint density at radius 1 is 0.824 bits per heavy atom. The van der Waals surface area contributed by atoms with E-state index in [4.69, 9.17) is 14.2 Å². The number of unbranched alkanes of at least 4 members (excludes halogenated alkanes) is 1. The first-order valence-electron chi connectivity index (χ1n) is 12.1. The zero-order valence-corrected chi connectivity index (χ0v) is 20.0. The molecule has 0 aromatic heterocycles. The van der Waals surface area contributed by atoms with Gasteiger partial charge in [0.15, 0.2) is 0 Å². The third-order valence-electron chi connectivity index (χ3n) is 5.94. The lowest BCUT2D eigenvalue weighted by molar-refractivity contribution is -0.143. The summed E-state index contributed by atoms with van der Waals surface area (Å²) in [6, 6.07) is 22.8. The van der Waals surface area contributed by atoms with Crippen molar-refractivity contribution in [1.29, 1.82) is 0 Å². The van der Waals surface area contributed by atoms with E-state index >= 15 is 0 Å². The summed E-state index contributed by atoms with van der Waals surface area (Å²) in [6.45, 7) is 5.63. The summed E-state index contributed by atoms with van der Waals surface area (Å²) in [4.78, 5) is 11.5. The number of hydrogen-bond acceptors (Lipinski definition) is 4. The van der Waals surface area contributed by atoms with Crippen LogP contribution in [0.15, 0.2) is 72.8 Å². The number of rotatable bonds is 11. The van der Waals surface area contributed by atoms with Gasteiger partial charge in [-0.05, 0) is 83.5 Å². The van der Waals surface area contributed by atoms with Crippen LogP contribution in [0.25, 0.3) is 16.7 Å². The Kier molecular flexibility index (Phi) is 8.03. The van der Waals surface area contributed by atoms with Crippen LogP contribution in [-0.4, -0.2) is 25.8 Å². The number of carbonyl (C=O) groups is 1. The topological polar surface area (TPSA) is 44.8 Å². The Hall–Kier alpha value is -3.53. The third kappa shape index (κ3) is 5.69. The Morgan fingerprint density at radius 3 is 2.32 bits per heavy atom. The Morgan fingerprint density at radius 2 is 1.56 bits per heavy atom. The molecule has 4 rings (SSSR count). The van der Waals surface area contributed by atoms with Crippen molar-refractivity contribution in [2.45, 2.75) is 39.5 Å². The molecule has 0 amide bonds.